The maximum Gasteiger partial charge on any atom is 0.387 e. The van der Waals surface area contributed by atoms with E-state index in [2.05, 4.69) is 4.74 Å². The number of halogens is 2. The van der Waals surface area contributed by atoms with Crippen molar-refractivity contribution in [1.82, 2.24) is 4.57 Å². The summed E-state index contributed by atoms with van der Waals surface area (Å²) in [7, 11) is 1.52. The average molecular weight is 529 g/mol. The molecule has 1 aliphatic heterocycles. The number of alkyl halides is 2. The first kappa shape index (κ1) is 26.3. The molecule has 0 spiro atoms. The van der Waals surface area contributed by atoms with Gasteiger partial charge in [-0.25, -0.2) is 9.79 Å². The molecule has 0 fully saturated rings. The number of hydrogen-bond donors (Lipinski definition) is 0. The van der Waals surface area contributed by atoms with Gasteiger partial charge < -0.3 is 14.2 Å². The van der Waals surface area contributed by atoms with Gasteiger partial charge in [0.15, 0.2) is 4.80 Å². The maximum absolute atomic E-state index is 13.8. The van der Waals surface area contributed by atoms with Crippen molar-refractivity contribution in [2.24, 2.45) is 4.99 Å². The number of thiazole rings is 1. The normalized spacial score (nSPS) is 15.4. The fourth-order valence-corrected chi connectivity index (χ4v) is 5.26. The number of hydrogen-bond acceptors (Lipinski definition) is 7. The Balaban J connectivity index is 2.01. The smallest absolute Gasteiger partial charge is 0.387 e. The van der Waals surface area contributed by atoms with Crippen LogP contribution in [0.5, 0.6) is 11.5 Å². The van der Waals surface area contributed by atoms with Crippen LogP contribution in [-0.4, -0.2) is 30.9 Å². The Hall–Kier alpha value is -3.79. The first-order valence-electron chi connectivity index (χ1n) is 11.8. The van der Waals surface area contributed by atoms with Gasteiger partial charge in [0, 0.05) is 11.1 Å². The van der Waals surface area contributed by atoms with Gasteiger partial charge in [-0.1, -0.05) is 61.1 Å². The highest BCUT2D eigenvalue weighted by Gasteiger charge is 2.35. The molecule has 2 aromatic carbocycles. The minimum atomic E-state index is -3.01. The third kappa shape index (κ3) is 5.34. The van der Waals surface area contributed by atoms with E-state index in [9.17, 15) is 18.4 Å². The SMILES string of the molecule is CCCC1=C(C(=O)OCC)[C@@H](c2ccccc2OC)n2c(s/c(=C/c3ccccc3OC(F)F)c2=O)=N1. The van der Waals surface area contributed by atoms with Crippen LogP contribution in [0.3, 0.4) is 0 Å². The van der Waals surface area contributed by atoms with Gasteiger partial charge in [0.25, 0.3) is 5.56 Å². The molecule has 2 heterocycles. The zero-order chi connectivity index (χ0) is 26.5. The number of aromatic nitrogens is 1. The van der Waals surface area contributed by atoms with Gasteiger partial charge in [-0.15, -0.1) is 0 Å². The van der Waals surface area contributed by atoms with Gasteiger partial charge in [-0.3, -0.25) is 9.36 Å². The van der Waals surface area contributed by atoms with E-state index < -0.39 is 24.2 Å². The average Bonchev–Trinajstić information content (AvgIpc) is 3.19. The van der Waals surface area contributed by atoms with Crippen molar-refractivity contribution in [1.29, 1.82) is 0 Å². The molecular formula is C27H26F2N2O5S. The summed E-state index contributed by atoms with van der Waals surface area (Å²) in [5, 5.41) is 0. The quantitative estimate of drug-likeness (QED) is 0.389. The number of nitrogens with zero attached hydrogens (tertiary/aromatic N) is 2. The van der Waals surface area contributed by atoms with Crippen LogP contribution in [0.2, 0.25) is 0 Å². The summed E-state index contributed by atoms with van der Waals surface area (Å²) in [4.78, 5) is 32.1. The van der Waals surface area contributed by atoms with E-state index in [-0.39, 0.29) is 22.5 Å². The molecule has 1 atom stereocenters. The molecule has 194 valence electrons. The molecule has 10 heteroatoms. The van der Waals surface area contributed by atoms with Gasteiger partial charge in [-0.2, -0.15) is 8.78 Å². The van der Waals surface area contributed by atoms with Crippen molar-refractivity contribution in [2.45, 2.75) is 39.3 Å². The molecule has 0 amide bonds. The minimum absolute atomic E-state index is 0.0523. The number of esters is 1. The Labute approximate surface area is 215 Å². The molecule has 1 aromatic heterocycles. The van der Waals surface area contributed by atoms with E-state index in [0.29, 0.717) is 40.2 Å². The second kappa shape index (κ2) is 11.5. The molecule has 3 aromatic rings. The summed E-state index contributed by atoms with van der Waals surface area (Å²) in [6, 6.07) is 12.5. The van der Waals surface area contributed by atoms with Crippen LogP contribution in [0, 0.1) is 0 Å². The standard InChI is InChI=1S/C27H26F2N2O5S/c1-4-10-18-22(25(33)35-5-2)23(17-12-7-9-14-20(17)34-3)31-24(32)21(37-27(31)30-18)15-16-11-6-8-13-19(16)36-26(28)29/h6-9,11-15,23,26H,4-5,10H2,1-3H3/b21-15+/t23-/m1/s1. The number of carbonyl (C=O) groups excluding carboxylic acids is 1. The van der Waals surface area contributed by atoms with E-state index in [0.717, 1.165) is 11.3 Å². The lowest BCUT2D eigenvalue weighted by atomic mass is 9.93. The Bertz CT molecular complexity index is 1510. The van der Waals surface area contributed by atoms with Crippen LogP contribution < -0.4 is 24.4 Å². The Morgan fingerprint density at radius 3 is 2.51 bits per heavy atom. The van der Waals surface area contributed by atoms with Crippen LogP contribution in [-0.2, 0) is 9.53 Å². The molecule has 0 saturated carbocycles. The molecule has 0 N–H and O–H groups in total. The zero-order valence-corrected chi connectivity index (χ0v) is 21.4. The van der Waals surface area contributed by atoms with Gasteiger partial charge in [0.05, 0.1) is 29.5 Å². The van der Waals surface area contributed by atoms with Crippen molar-refractivity contribution in [3.63, 3.8) is 0 Å². The van der Waals surface area contributed by atoms with E-state index in [1.165, 1.54) is 23.8 Å². The number of benzene rings is 2. The molecule has 0 unspecified atom stereocenters. The number of rotatable bonds is 9. The predicted octanol–water partition coefficient (Wildman–Crippen LogP) is 4.19. The topological polar surface area (TPSA) is 79.1 Å². The summed E-state index contributed by atoms with van der Waals surface area (Å²) in [5.41, 5.74) is 1.30. The van der Waals surface area contributed by atoms with Crippen molar-refractivity contribution < 1.29 is 27.8 Å². The van der Waals surface area contributed by atoms with Crippen molar-refractivity contribution in [2.75, 3.05) is 13.7 Å². The highest BCUT2D eigenvalue weighted by Crippen LogP contribution is 2.36. The Morgan fingerprint density at radius 1 is 1.14 bits per heavy atom. The second-order valence-corrected chi connectivity index (χ2v) is 9.08. The van der Waals surface area contributed by atoms with Crippen LogP contribution in [0.1, 0.15) is 43.9 Å². The third-order valence-corrected chi connectivity index (χ3v) is 6.73. The largest absolute Gasteiger partial charge is 0.496 e. The lowest BCUT2D eigenvalue weighted by Gasteiger charge is -2.26. The molecule has 0 radical (unpaired) electrons. The number of fused-ring (bicyclic) bond motifs is 1. The van der Waals surface area contributed by atoms with Crippen LogP contribution >= 0.6 is 11.3 Å². The number of ether oxygens (including phenoxy) is 3. The first-order valence-corrected chi connectivity index (χ1v) is 12.6. The number of carbonyl (C=O) groups is 1. The Morgan fingerprint density at radius 2 is 1.84 bits per heavy atom. The van der Waals surface area contributed by atoms with Crippen molar-refractivity contribution in [3.8, 4) is 11.5 Å². The van der Waals surface area contributed by atoms with Crippen molar-refractivity contribution >= 4 is 23.4 Å². The summed E-state index contributed by atoms with van der Waals surface area (Å²) in [5.74, 6) is -0.114. The lowest BCUT2D eigenvalue weighted by Crippen LogP contribution is -2.40. The molecule has 0 bridgehead atoms. The maximum atomic E-state index is 13.8. The molecular weight excluding hydrogens is 502 g/mol. The Kier molecular flexibility index (Phi) is 8.17. The van der Waals surface area contributed by atoms with Gasteiger partial charge >= 0.3 is 12.6 Å². The summed E-state index contributed by atoms with van der Waals surface area (Å²) in [6.45, 7) is 0.833. The van der Waals surface area contributed by atoms with E-state index >= 15 is 0 Å². The summed E-state index contributed by atoms with van der Waals surface area (Å²) >= 11 is 1.11. The fraction of sp³-hybridized carbons (Fsp3) is 0.296. The molecule has 0 aliphatic carbocycles. The van der Waals surface area contributed by atoms with E-state index in [1.54, 1.807) is 49.4 Å². The molecule has 37 heavy (non-hydrogen) atoms. The van der Waals surface area contributed by atoms with Crippen LogP contribution in [0.4, 0.5) is 8.78 Å². The van der Waals surface area contributed by atoms with Gasteiger partial charge in [-0.05, 0) is 31.6 Å². The summed E-state index contributed by atoms with van der Waals surface area (Å²) < 4.78 is 43.2. The number of allylic oxidation sites excluding steroid dienone is 1. The van der Waals surface area contributed by atoms with E-state index in [1.807, 2.05) is 6.92 Å². The monoisotopic (exact) mass is 528 g/mol. The predicted molar refractivity (Wildman–Crippen MR) is 136 cm³/mol. The zero-order valence-electron chi connectivity index (χ0n) is 20.6. The van der Waals surface area contributed by atoms with Gasteiger partial charge in [0.2, 0.25) is 0 Å². The van der Waals surface area contributed by atoms with E-state index in [4.69, 9.17) is 14.5 Å². The highest BCUT2D eigenvalue weighted by molar-refractivity contribution is 7.07. The molecule has 1 aliphatic rings. The number of methoxy groups -OCH3 is 1. The third-order valence-electron chi connectivity index (χ3n) is 5.75. The lowest BCUT2D eigenvalue weighted by molar-refractivity contribution is -0.139. The summed E-state index contributed by atoms with van der Waals surface area (Å²) in [6.07, 6.45) is 2.71. The number of para-hydroxylation sites is 2. The molecule has 7 nitrogen and oxygen atoms in total. The van der Waals surface area contributed by atoms with Crippen molar-refractivity contribution in [3.05, 3.63) is 90.6 Å². The van der Waals surface area contributed by atoms with Crippen LogP contribution in [0.25, 0.3) is 6.08 Å². The highest BCUT2D eigenvalue weighted by atomic mass is 32.1. The molecule has 0 saturated heterocycles. The van der Waals surface area contributed by atoms with Gasteiger partial charge in [0.1, 0.15) is 17.5 Å². The molecule has 4 rings (SSSR count). The first-order chi connectivity index (χ1) is 17.9. The van der Waals surface area contributed by atoms with Crippen LogP contribution in [0.15, 0.2) is 69.6 Å². The minimum Gasteiger partial charge on any atom is -0.496 e. The second-order valence-electron chi connectivity index (χ2n) is 8.07. The fourth-order valence-electron chi connectivity index (χ4n) is 4.25.